The lowest BCUT2D eigenvalue weighted by atomic mass is 10.1. The summed E-state index contributed by atoms with van der Waals surface area (Å²) in [5, 5.41) is 9.41. The van der Waals surface area contributed by atoms with Gasteiger partial charge in [-0.1, -0.05) is 6.07 Å². The number of ether oxygens (including phenoxy) is 2. The molecule has 0 saturated carbocycles. The van der Waals surface area contributed by atoms with Crippen molar-refractivity contribution in [2.75, 3.05) is 33.0 Å². The van der Waals surface area contributed by atoms with E-state index in [0.717, 1.165) is 36.7 Å². The monoisotopic (exact) mass is 365 g/mol. The van der Waals surface area contributed by atoms with Crippen LogP contribution in [0.25, 0.3) is 0 Å². The van der Waals surface area contributed by atoms with Crippen molar-refractivity contribution in [2.24, 2.45) is 0 Å². The van der Waals surface area contributed by atoms with Crippen LogP contribution in [0.4, 0.5) is 0 Å². The van der Waals surface area contributed by atoms with E-state index in [0.29, 0.717) is 18.8 Å². The second kappa shape index (κ2) is 7.60. The van der Waals surface area contributed by atoms with Crippen LogP contribution in [0.5, 0.6) is 11.5 Å². The van der Waals surface area contributed by atoms with Crippen LogP contribution >= 0.6 is 0 Å². The first-order valence-electron chi connectivity index (χ1n) is 8.80. The number of hydrogen-bond donors (Lipinski definition) is 0. The van der Waals surface area contributed by atoms with E-state index in [-0.39, 0.29) is 12.7 Å². The van der Waals surface area contributed by atoms with Gasteiger partial charge in [-0.2, -0.15) is 5.26 Å². The van der Waals surface area contributed by atoms with Gasteiger partial charge in [0.2, 0.25) is 12.7 Å². The molecule has 0 bridgehead atoms. The van der Waals surface area contributed by atoms with E-state index < -0.39 is 5.92 Å². The first-order valence-corrected chi connectivity index (χ1v) is 8.80. The normalized spacial score (nSPS) is 17.4. The topological polar surface area (TPSA) is 91.6 Å². The van der Waals surface area contributed by atoms with Crippen molar-refractivity contribution in [2.45, 2.75) is 12.5 Å². The number of carbonyl (C=O) groups excluding carboxylic acids is 1. The third-order valence-electron chi connectivity index (χ3n) is 4.78. The minimum Gasteiger partial charge on any atom is -0.454 e. The van der Waals surface area contributed by atoms with E-state index >= 15 is 0 Å². The maximum atomic E-state index is 12.7. The van der Waals surface area contributed by atoms with Gasteiger partial charge in [0.05, 0.1) is 18.0 Å². The van der Waals surface area contributed by atoms with Crippen molar-refractivity contribution < 1.29 is 14.3 Å². The van der Waals surface area contributed by atoms with Gasteiger partial charge in [-0.15, -0.1) is 0 Å². The molecular weight excluding hydrogens is 346 g/mol. The van der Waals surface area contributed by atoms with E-state index in [2.05, 4.69) is 20.9 Å². The van der Waals surface area contributed by atoms with Crippen molar-refractivity contribution in [1.29, 1.82) is 5.26 Å². The molecule has 8 nitrogen and oxygen atoms in total. The molecule has 3 heterocycles. The fourth-order valence-electron chi connectivity index (χ4n) is 3.31. The van der Waals surface area contributed by atoms with Gasteiger partial charge in [0.1, 0.15) is 0 Å². The molecule has 27 heavy (non-hydrogen) atoms. The highest BCUT2D eigenvalue weighted by atomic mass is 16.7. The van der Waals surface area contributed by atoms with Crippen LogP contribution in [0.15, 0.2) is 36.8 Å². The smallest absolute Gasteiger partial charge is 0.246 e. The summed E-state index contributed by atoms with van der Waals surface area (Å²) in [6.45, 7) is 3.72. The summed E-state index contributed by atoms with van der Waals surface area (Å²) in [6, 6.07) is 8.02. The van der Waals surface area contributed by atoms with Gasteiger partial charge in [-0.3, -0.25) is 19.7 Å². The van der Waals surface area contributed by atoms with Gasteiger partial charge in [0.25, 0.3) is 0 Å². The maximum Gasteiger partial charge on any atom is 0.246 e. The quantitative estimate of drug-likeness (QED) is 0.803. The fourth-order valence-corrected chi connectivity index (χ4v) is 3.31. The molecule has 138 valence electrons. The predicted molar refractivity (Wildman–Crippen MR) is 94.8 cm³/mol. The standard InChI is InChI=1S/C19H19N5O3/c20-10-15(16-11-21-3-4-22-16)19(25)24-7-5-23(6-8-24)12-14-1-2-17-18(9-14)27-13-26-17/h1-4,9,11,15H,5-8,12-13H2. The van der Waals surface area contributed by atoms with Gasteiger partial charge in [-0.25, -0.2) is 0 Å². The minimum absolute atomic E-state index is 0.208. The summed E-state index contributed by atoms with van der Waals surface area (Å²) in [6.07, 6.45) is 4.50. The zero-order valence-electron chi connectivity index (χ0n) is 14.7. The largest absolute Gasteiger partial charge is 0.454 e. The number of nitrogens with zero attached hydrogens (tertiary/aromatic N) is 5. The van der Waals surface area contributed by atoms with Crippen LogP contribution in [0.1, 0.15) is 17.2 Å². The first-order chi connectivity index (χ1) is 13.2. The van der Waals surface area contributed by atoms with Crippen LogP contribution in [0.2, 0.25) is 0 Å². The lowest BCUT2D eigenvalue weighted by Gasteiger charge is -2.35. The van der Waals surface area contributed by atoms with Crippen LogP contribution in [0.3, 0.4) is 0 Å². The molecule has 0 N–H and O–H groups in total. The third-order valence-corrected chi connectivity index (χ3v) is 4.78. The number of hydrogen-bond acceptors (Lipinski definition) is 7. The van der Waals surface area contributed by atoms with Crippen LogP contribution < -0.4 is 9.47 Å². The summed E-state index contributed by atoms with van der Waals surface area (Å²) in [5.74, 6) is 0.447. The summed E-state index contributed by atoms with van der Waals surface area (Å²) in [4.78, 5) is 24.8. The van der Waals surface area contributed by atoms with Crippen LogP contribution in [-0.4, -0.2) is 58.6 Å². The molecular formula is C19H19N5O3. The fraction of sp³-hybridized carbons (Fsp3) is 0.368. The number of amides is 1. The Bertz CT molecular complexity index is 859. The molecule has 1 saturated heterocycles. The maximum absolute atomic E-state index is 12.7. The third kappa shape index (κ3) is 3.68. The van der Waals surface area contributed by atoms with Crippen molar-refractivity contribution >= 4 is 5.91 Å². The Labute approximate surface area is 157 Å². The Hall–Kier alpha value is -3.18. The highest BCUT2D eigenvalue weighted by Gasteiger charge is 2.29. The van der Waals surface area contributed by atoms with Crippen molar-refractivity contribution in [1.82, 2.24) is 19.8 Å². The molecule has 0 aliphatic carbocycles. The summed E-state index contributed by atoms with van der Waals surface area (Å²) in [7, 11) is 0. The molecule has 4 rings (SSSR count). The molecule has 2 aliphatic rings. The lowest BCUT2D eigenvalue weighted by molar-refractivity contribution is -0.133. The Morgan fingerprint density at radius 2 is 2.00 bits per heavy atom. The molecule has 1 atom stereocenters. The molecule has 1 aromatic heterocycles. The highest BCUT2D eigenvalue weighted by Crippen LogP contribution is 2.32. The van der Waals surface area contributed by atoms with E-state index in [1.54, 1.807) is 4.90 Å². The SMILES string of the molecule is N#CC(C(=O)N1CCN(Cc2ccc3c(c2)OCO3)CC1)c1cnccn1. The molecule has 2 aromatic rings. The number of fused-ring (bicyclic) bond motifs is 1. The van der Waals surface area contributed by atoms with Gasteiger partial charge in [-0.05, 0) is 17.7 Å². The molecule has 2 aliphatic heterocycles. The van der Waals surface area contributed by atoms with Crippen molar-refractivity contribution in [3.63, 3.8) is 0 Å². The van der Waals surface area contributed by atoms with Crippen molar-refractivity contribution in [3.8, 4) is 17.6 Å². The molecule has 0 radical (unpaired) electrons. The van der Waals surface area contributed by atoms with Crippen LogP contribution in [0, 0.1) is 11.3 Å². The predicted octanol–water partition coefficient (Wildman–Crippen LogP) is 1.16. The number of benzene rings is 1. The Morgan fingerprint density at radius 1 is 1.19 bits per heavy atom. The number of rotatable bonds is 4. The molecule has 1 aromatic carbocycles. The van der Waals surface area contributed by atoms with E-state index in [1.165, 1.54) is 18.6 Å². The molecule has 8 heteroatoms. The van der Waals surface area contributed by atoms with Crippen molar-refractivity contribution in [3.05, 3.63) is 48.0 Å². The van der Waals surface area contributed by atoms with E-state index in [4.69, 9.17) is 9.47 Å². The van der Waals surface area contributed by atoms with Gasteiger partial charge in [0.15, 0.2) is 17.4 Å². The zero-order chi connectivity index (χ0) is 18.6. The second-order valence-corrected chi connectivity index (χ2v) is 6.48. The minimum atomic E-state index is -0.904. The number of carbonyl (C=O) groups is 1. The average Bonchev–Trinajstić information content (AvgIpc) is 3.18. The number of piperazine rings is 1. The summed E-state index contributed by atoms with van der Waals surface area (Å²) in [5.41, 5.74) is 1.54. The van der Waals surface area contributed by atoms with E-state index in [1.807, 2.05) is 18.2 Å². The second-order valence-electron chi connectivity index (χ2n) is 6.48. The van der Waals surface area contributed by atoms with E-state index in [9.17, 15) is 10.1 Å². The summed E-state index contributed by atoms with van der Waals surface area (Å²) >= 11 is 0. The molecule has 1 unspecified atom stereocenters. The lowest BCUT2D eigenvalue weighted by Crippen LogP contribution is -2.49. The zero-order valence-corrected chi connectivity index (χ0v) is 14.7. The molecule has 0 spiro atoms. The van der Waals surface area contributed by atoms with Gasteiger partial charge < -0.3 is 14.4 Å². The van der Waals surface area contributed by atoms with Crippen LogP contribution in [-0.2, 0) is 11.3 Å². The first kappa shape index (κ1) is 17.2. The average molecular weight is 365 g/mol. The number of nitriles is 1. The Kier molecular flexibility index (Phi) is 4.85. The summed E-state index contributed by atoms with van der Waals surface area (Å²) < 4.78 is 10.8. The molecule has 1 fully saturated rings. The Morgan fingerprint density at radius 3 is 2.74 bits per heavy atom. The molecule has 1 amide bonds. The number of aromatic nitrogens is 2. The Balaban J connectivity index is 1.34. The van der Waals surface area contributed by atoms with Gasteiger partial charge >= 0.3 is 0 Å². The highest BCUT2D eigenvalue weighted by molar-refractivity contribution is 5.86. The van der Waals surface area contributed by atoms with Gasteiger partial charge in [0, 0.05) is 45.1 Å².